The highest BCUT2D eigenvalue weighted by atomic mass is 79.9. The number of benzene rings is 1. The van der Waals surface area contributed by atoms with Gasteiger partial charge in [-0.2, -0.15) is 5.10 Å². The summed E-state index contributed by atoms with van der Waals surface area (Å²) in [7, 11) is 0. The molecule has 26 heavy (non-hydrogen) atoms. The lowest BCUT2D eigenvalue weighted by molar-refractivity contribution is -0.123. The van der Waals surface area contributed by atoms with E-state index in [1.807, 2.05) is 19.1 Å². The standard InChI is InChI=1S/C19H23BrN4O2/c1-14-11-16(15(2)24(14)18-5-3-17(20)4-6-18)12-21-22-19(25)13-23-7-9-26-10-8-23/h3-6,11-12H,7-10,13H2,1-2H3,(H,22,25)/b21-12-. The minimum atomic E-state index is -0.107. The molecule has 0 bridgehead atoms. The molecule has 0 unspecified atom stereocenters. The summed E-state index contributed by atoms with van der Waals surface area (Å²) >= 11 is 3.46. The summed E-state index contributed by atoms with van der Waals surface area (Å²) in [5.41, 5.74) is 6.89. The Labute approximate surface area is 162 Å². The van der Waals surface area contributed by atoms with Gasteiger partial charge in [0.15, 0.2) is 0 Å². The molecule has 1 aromatic heterocycles. The number of aryl methyl sites for hydroxylation is 1. The molecule has 1 aliphatic rings. The van der Waals surface area contributed by atoms with Crippen molar-refractivity contribution in [2.24, 2.45) is 5.10 Å². The third-order valence-corrected chi connectivity index (χ3v) is 4.95. The molecule has 2 heterocycles. The highest BCUT2D eigenvalue weighted by molar-refractivity contribution is 9.10. The maximum Gasteiger partial charge on any atom is 0.254 e. The van der Waals surface area contributed by atoms with Crippen LogP contribution in [0.3, 0.4) is 0 Å². The fraction of sp³-hybridized carbons (Fsp3) is 0.368. The maximum atomic E-state index is 12.0. The molecule has 0 saturated carbocycles. The number of rotatable bonds is 5. The minimum Gasteiger partial charge on any atom is -0.379 e. The largest absolute Gasteiger partial charge is 0.379 e. The topological polar surface area (TPSA) is 58.9 Å². The maximum absolute atomic E-state index is 12.0. The molecule has 0 spiro atoms. The molecular weight excluding hydrogens is 396 g/mol. The molecule has 1 aliphatic heterocycles. The number of morpholine rings is 1. The van der Waals surface area contributed by atoms with Gasteiger partial charge in [0.1, 0.15) is 0 Å². The van der Waals surface area contributed by atoms with Crippen LogP contribution in [-0.2, 0) is 9.53 Å². The Morgan fingerprint density at radius 2 is 1.96 bits per heavy atom. The number of nitrogens with one attached hydrogen (secondary N) is 1. The van der Waals surface area contributed by atoms with Crippen LogP contribution in [0.5, 0.6) is 0 Å². The van der Waals surface area contributed by atoms with Crippen molar-refractivity contribution < 1.29 is 9.53 Å². The van der Waals surface area contributed by atoms with Crippen molar-refractivity contribution in [2.75, 3.05) is 32.8 Å². The lowest BCUT2D eigenvalue weighted by Gasteiger charge is -2.25. The first-order valence-corrected chi connectivity index (χ1v) is 9.41. The smallest absolute Gasteiger partial charge is 0.254 e. The summed E-state index contributed by atoms with van der Waals surface area (Å²) in [5.74, 6) is -0.107. The number of halogens is 1. The number of hydrogen-bond donors (Lipinski definition) is 1. The van der Waals surface area contributed by atoms with E-state index >= 15 is 0 Å². The summed E-state index contributed by atoms with van der Waals surface area (Å²) in [5, 5.41) is 4.13. The van der Waals surface area contributed by atoms with Crippen molar-refractivity contribution in [3.05, 3.63) is 51.8 Å². The molecule has 1 N–H and O–H groups in total. The molecule has 3 rings (SSSR count). The molecule has 0 aliphatic carbocycles. The molecule has 1 saturated heterocycles. The number of carbonyl (C=O) groups is 1. The molecule has 1 aromatic carbocycles. The molecule has 1 amide bonds. The fourth-order valence-electron chi connectivity index (χ4n) is 3.08. The highest BCUT2D eigenvalue weighted by Crippen LogP contribution is 2.21. The predicted molar refractivity (Wildman–Crippen MR) is 106 cm³/mol. The predicted octanol–water partition coefficient (Wildman–Crippen LogP) is 2.64. The van der Waals surface area contributed by atoms with Gasteiger partial charge in [-0.25, -0.2) is 5.43 Å². The van der Waals surface area contributed by atoms with E-state index in [1.54, 1.807) is 6.21 Å². The molecule has 6 nitrogen and oxygen atoms in total. The quantitative estimate of drug-likeness (QED) is 0.599. The van der Waals surface area contributed by atoms with Crippen molar-refractivity contribution in [1.29, 1.82) is 0 Å². The van der Waals surface area contributed by atoms with Gasteiger partial charge < -0.3 is 9.30 Å². The van der Waals surface area contributed by atoms with Gasteiger partial charge in [0, 0.05) is 40.2 Å². The third kappa shape index (κ3) is 4.60. The van der Waals surface area contributed by atoms with E-state index in [9.17, 15) is 4.79 Å². The number of hydrogen-bond acceptors (Lipinski definition) is 4. The summed E-state index contributed by atoms with van der Waals surface area (Å²) in [6.07, 6.45) is 1.70. The Bertz CT molecular complexity index is 793. The molecule has 2 aromatic rings. The number of amides is 1. The van der Waals surface area contributed by atoms with Gasteiger partial charge in [0.05, 0.1) is 26.0 Å². The first-order chi connectivity index (χ1) is 12.5. The van der Waals surface area contributed by atoms with Gasteiger partial charge in [-0.05, 0) is 44.2 Å². The van der Waals surface area contributed by atoms with Gasteiger partial charge in [-0.1, -0.05) is 15.9 Å². The van der Waals surface area contributed by atoms with E-state index in [1.165, 1.54) is 0 Å². The second-order valence-electron chi connectivity index (χ2n) is 6.32. The van der Waals surface area contributed by atoms with Crippen molar-refractivity contribution in [2.45, 2.75) is 13.8 Å². The molecule has 7 heteroatoms. The SMILES string of the molecule is Cc1cc(/C=N\NC(=O)CN2CCOCC2)c(C)n1-c1ccc(Br)cc1. The zero-order chi connectivity index (χ0) is 18.5. The number of aromatic nitrogens is 1. The highest BCUT2D eigenvalue weighted by Gasteiger charge is 2.14. The van der Waals surface area contributed by atoms with Crippen LogP contribution in [0.2, 0.25) is 0 Å². The second kappa shape index (κ2) is 8.62. The molecule has 0 atom stereocenters. The molecular formula is C19H23BrN4O2. The Hall–Kier alpha value is -1.96. The Morgan fingerprint density at radius 3 is 2.65 bits per heavy atom. The summed E-state index contributed by atoms with van der Waals surface area (Å²) < 4.78 is 8.50. The van der Waals surface area contributed by atoms with Crippen molar-refractivity contribution >= 4 is 28.1 Å². The van der Waals surface area contributed by atoms with Gasteiger partial charge in [0.25, 0.3) is 5.91 Å². The van der Waals surface area contributed by atoms with E-state index in [0.717, 1.165) is 40.2 Å². The normalized spacial score (nSPS) is 15.5. The summed E-state index contributed by atoms with van der Waals surface area (Å²) in [6.45, 7) is 7.38. The van der Waals surface area contributed by atoms with E-state index in [2.05, 4.69) is 61.0 Å². The molecule has 1 fully saturated rings. The van der Waals surface area contributed by atoms with Gasteiger partial charge in [0.2, 0.25) is 0 Å². The van der Waals surface area contributed by atoms with Crippen LogP contribution in [0.4, 0.5) is 0 Å². The van der Waals surface area contributed by atoms with Crippen LogP contribution >= 0.6 is 15.9 Å². The van der Waals surface area contributed by atoms with Crippen LogP contribution in [0.1, 0.15) is 17.0 Å². The van der Waals surface area contributed by atoms with Crippen LogP contribution in [0.25, 0.3) is 5.69 Å². The number of carbonyl (C=O) groups excluding carboxylic acids is 1. The van der Waals surface area contributed by atoms with Crippen molar-refractivity contribution in [1.82, 2.24) is 14.9 Å². The van der Waals surface area contributed by atoms with E-state index in [0.29, 0.717) is 19.8 Å². The monoisotopic (exact) mass is 418 g/mol. The van der Waals surface area contributed by atoms with E-state index in [4.69, 9.17) is 4.74 Å². The summed E-state index contributed by atoms with van der Waals surface area (Å²) in [4.78, 5) is 14.1. The fourth-order valence-corrected chi connectivity index (χ4v) is 3.34. The Kier molecular flexibility index (Phi) is 6.24. The van der Waals surface area contributed by atoms with Crippen LogP contribution in [0.15, 0.2) is 39.9 Å². The van der Waals surface area contributed by atoms with Crippen LogP contribution < -0.4 is 5.43 Å². The zero-order valence-electron chi connectivity index (χ0n) is 15.0. The zero-order valence-corrected chi connectivity index (χ0v) is 16.6. The van der Waals surface area contributed by atoms with Crippen LogP contribution in [0, 0.1) is 13.8 Å². The minimum absolute atomic E-state index is 0.107. The van der Waals surface area contributed by atoms with Crippen molar-refractivity contribution in [3.8, 4) is 5.69 Å². The number of ether oxygens (including phenoxy) is 1. The average Bonchev–Trinajstić information content (AvgIpc) is 2.90. The summed E-state index contributed by atoms with van der Waals surface area (Å²) in [6, 6.07) is 10.2. The van der Waals surface area contributed by atoms with Gasteiger partial charge in [-0.15, -0.1) is 0 Å². The number of hydrazone groups is 1. The van der Waals surface area contributed by atoms with Gasteiger partial charge >= 0.3 is 0 Å². The van der Waals surface area contributed by atoms with E-state index in [-0.39, 0.29) is 5.91 Å². The Balaban J connectivity index is 1.64. The van der Waals surface area contributed by atoms with Gasteiger partial charge in [-0.3, -0.25) is 9.69 Å². The molecule has 138 valence electrons. The number of nitrogens with zero attached hydrogens (tertiary/aromatic N) is 3. The van der Waals surface area contributed by atoms with E-state index < -0.39 is 0 Å². The lowest BCUT2D eigenvalue weighted by Crippen LogP contribution is -2.42. The lowest BCUT2D eigenvalue weighted by atomic mass is 10.2. The van der Waals surface area contributed by atoms with Crippen molar-refractivity contribution in [3.63, 3.8) is 0 Å². The Morgan fingerprint density at radius 1 is 1.27 bits per heavy atom. The first kappa shape index (κ1) is 18.8. The third-order valence-electron chi connectivity index (χ3n) is 4.42. The van der Waals surface area contributed by atoms with Crippen LogP contribution in [-0.4, -0.2) is 54.4 Å². The molecule has 0 radical (unpaired) electrons. The first-order valence-electron chi connectivity index (χ1n) is 8.61. The average molecular weight is 419 g/mol. The second-order valence-corrected chi connectivity index (χ2v) is 7.24.